The SMILES string of the molecule is Cc1ccc(Cl)c(OCC(=O)N2CCN(C(=O)c3cccs3)CC2)c1. The fraction of sp³-hybridized carbons (Fsp3) is 0.333. The van der Waals surface area contributed by atoms with Crippen molar-refractivity contribution in [2.75, 3.05) is 32.8 Å². The second-order valence-corrected chi connectivity index (χ2v) is 7.23. The Morgan fingerprint density at radius 3 is 2.56 bits per heavy atom. The fourth-order valence-corrected chi connectivity index (χ4v) is 3.53. The molecule has 3 rings (SSSR count). The van der Waals surface area contributed by atoms with Crippen molar-refractivity contribution < 1.29 is 14.3 Å². The number of thiophene rings is 1. The van der Waals surface area contributed by atoms with Gasteiger partial charge < -0.3 is 14.5 Å². The van der Waals surface area contributed by atoms with E-state index in [1.165, 1.54) is 11.3 Å². The van der Waals surface area contributed by atoms with Crippen LogP contribution in [0.3, 0.4) is 0 Å². The number of hydrogen-bond acceptors (Lipinski definition) is 4. The quantitative estimate of drug-likeness (QED) is 0.821. The Kier molecular flexibility index (Phi) is 5.60. The van der Waals surface area contributed by atoms with E-state index in [1.807, 2.05) is 36.6 Å². The van der Waals surface area contributed by atoms with Crippen LogP contribution in [-0.4, -0.2) is 54.4 Å². The summed E-state index contributed by atoms with van der Waals surface area (Å²) in [5, 5.41) is 2.38. The molecule has 0 aliphatic carbocycles. The number of hydrogen-bond donors (Lipinski definition) is 0. The maximum absolute atomic E-state index is 12.3. The van der Waals surface area contributed by atoms with Gasteiger partial charge in [0, 0.05) is 26.2 Å². The maximum atomic E-state index is 12.3. The summed E-state index contributed by atoms with van der Waals surface area (Å²) in [6.07, 6.45) is 0. The van der Waals surface area contributed by atoms with Crippen LogP contribution in [0.1, 0.15) is 15.2 Å². The predicted octanol–water partition coefficient (Wildman–Crippen LogP) is 3.07. The Hall–Kier alpha value is -2.05. The average molecular weight is 379 g/mol. The minimum Gasteiger partial charge on any atom is -0.482 e. The number of carbonyl (C=O) groups is 2. The van der Waals surface area contributed by atoms with Gasteiger partial charge in [-0.15, -0.1) is 11.3 Å². The van der Waals surface area contributed by atoms with E-state index >= 15 is 0 Å². The van der Waals surface area contributed by atoms with Crippen LogP contribution >= 0.6 is 22.9 Å². The minimum absolute atomic E-state index is 0.0323. The molecule has 0 spiro atoms. The summed E-state index contributed by atoms with van der Waals surface area (Å²) >= 11 is 7.51. The first-order valence-corrected chi connectivity index (χ1v) is 9.30. The summed E-state index contributed by atoms with van der Waals surface area (Å²) in [6, 6.07) is 9.15. The van der Waals surface area contributed by atoms with Gasteiger partial charge in [-0.1, -0.05) is 23.7 Å². The summed E-state index contributed by atoms with van der Waals surface area (Å²) in [6.45, 7) is 3.99. The normalized spacial score (nSPS) is 14.5. The molecule has 25 heavy (non-hydrogen) atoms. The van der Waals surface area contributed by atoms with Gasteiger partial charge in [-0.2, -0.15) is 0 Å². The van der Waals surface area contributed by atoms with Crippen molar-refractivity contribution >= 4 is 34.8 Å². The van der Waals surface area contributed by atoms with Gasteiger partial charge in [0.05, 0.1) is 9.90 Å². The first kappa shape index (κ1) is 17.8. The monoisotopic (exact) mass is 378 g/mol. The molecule has 7 heteroatoms. The molecule has 1 fully saturated rings. The lowest BCUT2D eigenvalue weighted by Gasteiger charge is -2.34. The van der Waals surface area contributed by atoms with Crippen molar-refractivity contribution in [3.05, 3.63) is 51.2 Å². The molecule has 0 radical (unpaired) electrons. The van der Waals surface area contributed by atoms with Crippen LogP contribution in [-0.2, 0) is 4.79 Å². The van der Waals surface area contributed by atoms with E-state index in [9.17, 15) is 9.59 Å². The number of rotatable bonds is 4. The van der Waals surface area contributed by atoms with Crippen LogP contribution in [0.4, 0.5) is 0 Å². The van der Waals surface area contributed by atoms with Crippen LogP contribution in [0.15, 0.2) is 35.7 Å². The summed E-state index contributed by atoms with van der Waals surface area (Å²) in [5.74, 6) is 0.451. The lowest BCUT2D eigenvalue weighted by Crippen LogP contribution is -2.51. The Balaban J connectivity index is 1.50. The molecule has 1 aromatic carbocycles. The van der Waals surface area contributed by atoms with Gasteiger partial charge >= 0.3 is 0 Å². The minimum atomic E-state index is -0.0965. The van der Waals surface area contributed by atoms with Crippen LogP contribution < -0.4 is 4.74 Å². The van der Waals surface area contributed by atoms with Crippen molar-refractivity contribution in [2.45, 2.75) is 6.92 Å². The van der Waals surface area contributed by atoms with E-state index in [0.29, 0.717) is 37.0 Å². The third-order valence-corrected chi connectivity index (χ3v) is 5.26. The van der Waals surface area contributed by atoms with E-state index < -0.39 is 0 Å². The van der Waals surface area contributed by atoms with Crippen LogP contribution in [0.5, 0.6) is 5.75 Å². The average Bonchev–Trinajstić information content (AvgIpc) is 3.16. The van der Waals surface area contributed by atoms with Crippen molar-refractivity contribution in [3.8, 4) is 5.75 Å². The number of halogens is 1. The van der Waals surface area contributed by atoms with Crippen molar-refractivity contribution in [2.24, 2.45) is 0 Å². The fourth-order valence-electron chi connectivity index (χ4n) is 2.67. The van der Waals surface area contributed by atoms with E-state index in [0.717, 1.165) is 10.4 Å². The molecule has 1 aliphatic rings. The highest BCUT2D eigenvalue weighted by Crippen LogP contribution is 2.25. The van der Waals surface area contributed by atoms with Gasteiger partial charge in [0.25, 0.3) is 11.8 Å². The molecule has 1 aliphatic heterocycles. The zero-order chi connectivity index (χ0) is 17.8. The topological polar surface area (TPSA) is 49.9 Å². The summed E-state index contributed by atoms with van der Waals surface area (Å²) in [4.78, 5) is 28.9. The molecule has 5 nitrogen and oxygen atoms in total. The Bertz CT molecular complexity index is 756. The molecule has 1 aromatic heterocycles. The van der Waals surface area contributed by atoms with Gasteiger partial charge in [0.1, 0.15) is 5.75 Å². The number of ether oxygens (including phenoxy) is 1. The molecule has 1 saturated heterocycles. The van der Waals surface area contributed by atoms with Gasteiger partial charge in [-0.05, 0) is 36.1 Å². The third kappa shape index (κ3) is 4.32. The number of benzene rings is 1. The van der Waals surface area contributed by atoms with E-state index in [1.54, 1.807) is 15.9 Å². The predicted molar refractivity (Wildman–Crippen MR) is 98.5 cm³/mol. The van der Waals surface area contributed by atoms with Gasteiger partial charge in [0.15, 0.2) is 6.61 Å². The standard InChI is InChI=1S/C18H19ClN2O3S/c1-13-4-5-14(19)15(11-13)24-12-17(22)20-6-8-21(9-7-20)18(23)16-3-2-10-25-16/h2-5,10-11H,6-9,12H2,1H3. The van der Waals surface area contributed by atoms with Crippen molar-refractivity contribution in [3.63, 3.8) is 0 Å². The van der Waals surface area contributed by atoms with E-state index in [2.05, 4.69) is 0 Å². The highest BCUT2D eigenvalue weighted by atomic mass is 35.5. The second kappa shape index (κ2) is 7.89. The number of carbonyl (C=O) groups excluding carboxylic acids is 2. The van der Waals surface area contributed by atoms with Gasteiger partial charge in [0.2, 0.25) is 0 Å². The smallest absolute Gasteiger partial charge is 0.264 e. The number of amides is 2. The lowest BCUT2D eigenvalue weighted by molar-refractivity contribution is -0.134. The molecular weight excluding hydrogens is 360 g/mol. The molecule has 2 heterocycles. The van der Waals surface area contributed by atoms with E-state index in [-0.39, 0.29) is 18.4 Å². The highest BCUT2D eigenvalue weighted by molar-refractivity contribution is 7.12. The molecule has 0 unspecified atom stereocenters. The first-order valence-electron chi connectivity index (χ1n) is 8.04. The van der Waals surface area contributed by atoms with E-state index in [4.69, 9.17) is 16.3 Å². The maximum Gasteiger partial charge on any atom is 0.264 e. The van der Waals surface area contributed by atoms with Crippen molar-refractivity contribution in [1.82, 2.24) is 9.80 Å². The van der Waals surface area contributed by atoms with Gasteiger partial charge in [-0.3, -0.25) is 9.59 Å². The Morgan fingerprint density at radius 2 is 1.88 bits per heavy atom. The van der Waals surface area contributed by atoms with Gasteiger partial charge in [-0.25, -0.2) is 0 Å². The molecule has 2 aromatic rings. The largest absolute Gasteiger partial charge is 0.482 e. The van der Waals surface area contributed by atoms with Crippen molar-refractivity contribution in [1.29, 1.82) is 0 Å². The molecule has 132 valence electrons. The molecular formula is C18H19ClN2O3S. The Morgan fingerprint density at radius 1 is 1.16 bits per heavy atom. The number of nitrogens with zero attached hydrogens (tertiary/aromatic N) is 2. The number of piperazine rings is 1. The summed E-state index contributed by atoms with van der Waals surface area (Å²) in [5.41, 5.74) is 1.02. The zero-order valence-electron chi connectivity index (χ0n) is 13.9. The first-order chi connectivity index (χ1) is 12.0. The zero-order valence-corrected chi connectivity index (χ0v) is 15.5. The highest BCUT2D eigenvalue weighted by Gasteiger charge is 2.25. The number of aryl methyl sites for hydroxylation is 1. The molecule has 0 atom stereocenters. The molecule has 2 amide bonds. The second-order valence-electron chi connectivity index (χ2n) is 5.87. The van der Waals surface area contributed by atoms with Crippen LogP contribution in [0.25, 0.3) is 0 Å². The summed E-state index contributed by atoms with van der Waals surface area (Å²) in [7, 11) is 0. The third-order valence-electron chi connectivity index (χ3n) is 4.09. The van der Waals surface area contributed by atoms with Crippen LogP contribution in [0, 0.1) is 6.92 Å². The molecule has 0 N–H and O–H groups in total. The molecule has 0 bridgehead atoms. The lowest BCUT2D eigenvalue weighted by atomic mass is 10.2. The summed E-state index contributed by atoms with van der Waals surface area (Å²) < 4.78 is 5.56. The molecule has 0 saturated carbocycles. The Labute approximate surface area is 155 Å². The van der Waals surface area contributed by atoms with Crippen LogP contribution in [0.2, 0.25) is 5.02 Å².